The van der Waals surface area contributed by atoms with Crippen LogP contribution in [0.15, 0.2) is 48.5 Å². The van der Waals surface area contributed by atoms with Crippen LogP contribution in [0.5, 0.6) is 0 Å². The van der Waals surface area contributed by atoms with Gasteiger partial charge in [0.25, 0.3) is 0 Å². The van der Waals surface area contributed by atoms with E-state index in [-0.39, 0.29) is 37.6 Å². The van der Waals surface area contributed by atoms with Crippen LogP contribution in [0.25, 0.3) is 0 Å². The number of aliphatic hydroxyl groups is 1. The van der Waals surface area contributed by atoms with Crippen molar-refractivity contribution in [1.82, 2.24) is 15.7 Å². The molecule has 3 atom stereocenters. The van der Waals surface area contributed by atoms with E-state index in [1.807, 2.05) is 48.5 Å². The van der Waals surface area contributed by atoms with Crippen molar-refractivity contribution in [3.8, 4) is 0 Å². The summed E-state index contributed by atoms with van der Waals surface area (Å²) in [6, 6.07) is 15.9. The first-order valence-corrected chi connectivity index (χ1v) is 14.6. The molecule has 2 saturated heterocycles. The number of hydrogen-bond donors (Lipinski definition) is 4. The van der Waals surface area contributed by atoms with E-state index in [0.29, 0.717) is 13.0 Å². The number of likely N-dealkylation sites (tertiary alicyclic amines) is 1. The Kier molecular flexibility index (Phi) is 11.9. The van der Waals surface area contributed by atoms with Gasteiger partial charge in [0.2, 0.25) is 11.8 Å². The lowest BCUT2D eigenvalue weighted by molar-refractivity contribution is -0.253. The minimum absolute atomic E-state index is 0.0167. The normalized spacial score (nSPS) is 22.2. The van der Waals surface area contributed by atoms with Crippen LogP contribution < -0.4 is 10.8 Å². The van der Waals surface area contributed by atoms with Gasteiger partial charge < -0.3 is 24.8 Å². The molecule has 0 aromatic heterocycles. The van der Waals surface area contributed by atoms with E-state index in [0.717, 1.165) is 48.3 Å². The molecule has 9 heteroatoms. The number of amides is 2. The van der Waals surface area contributed by atoms with Crippen molar-refractivity contribution in [2.75, 3.05) is 19.6 Å². The molecule has 2 fully saturated rings. The Balaban J connectivity index is 1.38. The second-order valence-corrected chi connectivity index (χ2v) is 10.8. The van der Waals surface area contributed by atoms with E-state index in [9.17, 15) is 14.7 Å². The summed E-state index contributed by atoms with van der Waals surface area (Å²) in [6.07, 6.45) is 7.26. The van der Waals surface area contributed by atoms with Crippen LogP contribution in [0, 0.1) is 0 Å². The van der Waals surface area contributed by atoms with Crippen LogP contribution in [0.2, 0.25) is 0 Å². The van der Waals surface area contributed by atoms with E-state index in [2.05, 4.69) is 10.2 Å². The summed E-state index contributed by atoms with van der Waals surface area (Å²) in [5.74, 6) is -0.639. The highest BCUT2D eigenvalue weighted by molar-refractivity contribution is 5.78. The number of rotatable bonds is 11. The molecule has 0 bridgehead atoms. The van der Waals surface area contributed by atoms with Gasteiger partial charge in [-0.3, -0.25) is 14.8 Å². The van der Waals surface area contributed by atoms with Crippen LogP contribution in [-0.4, -0.2) is 52.8 Å². The average Bonchev–Trinajstić information content (AvgIpc) is 2.97. The number of carbonyl (C=O) groups is 2. The van der Waals surface area contributed by atoms with Gasteiger partial charge in [-0.15, -0.1) is 0 Å². The smallest absolute Gasteiger partial charge is 0.243 e. The predicted molar refractivity (Wildman–Crippen MR) is 150 cm³/mol. The lowest BCUT2D eigenvalue weighted by Crippen LogP contribution is -2.40. The van der Waals surface area contributed by atoms with Crippen molar-refractivity contribution in [2.45, 2.75) is 89.4 Å². The lowest BCUT2D eigenvalue weighted by Gasteiger charge is -2.38. The van der Waals surface area contributed by atoms with Gasteiger partial charge in [-0.25, -0.2) is 5.48 Å². The quantitative estimate of drug-likeness (QED) is 0.242. The summed E-state index contributed by atoms with van der Waals surface area (Å²) in [5.41, 5.74) is 5.41. The second-order valence-electron chi connectivity index (χ2n) is 10.8. The maximum Gasteiger partial charge on any atom is 0.243 e. The third-order valence-corrected chi connectivity index (χ3v) is 7.70. The van der Waals surface area contributed by atoms with Gasteiger partial charge in [-0.1, -0.05) is 67.8 Å². The highest BCUT2D eigenvalue weighted by Crippen LogP contribution is 2.38. The van der Waals surface area contributed by atoms with E-state index < -0.39 is 12.2 Å². The molecule has 2 aromatic rings. The molecule has 0 saturated carbocycles. The first-order chi connectivity index (χ1) is 19.5. The maximum atomic E-state index is 12.1. The third-order valence-electron chi connectivity index (χ3n) is 7.70. The van der Waals surface area contributed by atoms with Gasteiger partial charge in [-0.05, 0) is 49.0 Å². The summed E-state index contributed by atoms with van der Waals surface area (Å²) >= 11 is 0. The second kappa shape index (κ2) is 15.8. The first kappa shape index (κ1) is 30.1. The van der Waals surface area contributed by atoms with Crippen molar-refractivity contribution in [2.24, 2.45) is 0 Å². The zero-order valence-electron chi connectivity index (χ0n) is 23.2. The van der Waals surface area contributed by atoms with Crippen molar-refractivity contribution >= 4 is 11.8 Å². The van der Waals surface area contributed by atoms with Gasteiger partial charge in [0, 0.05) is 37.9 Å². The molecular formula is C31H43N3O6. The molecule has 4 rings (SSSR count). The number of hydrogen-bond acceptors (Lipinski definition) is 7. The minimum atomic E-state index is -0.502. The van der Waals surface area contributed by atoms with Gasteiger partial charge in [0.15, 0.2) is 6.29 Å². The Morgan fingerprint density at radius 3 is 2.12 bits per heavy atom. The molecule has 2 heterocycles. The Labute approximate surface area is 236 Å². The fourth-order valence-electron chi connectivity index (χ4n) is 5.36. The van der Waals surface area contributed by atoms with Crippen LogP contribution >= 0.6 is 0 Å². The molecule has 2 aliphatic heterocycles. The molecule has 3 unspecified atom stereocenters. The van der Waals surface area contributed by atoms with E-state index in [4.69, 9.17) is 14.7 Å². The van der Waals surface area contributed by atoms with E-state index >= 15 is 0 Å². The minimum Gasteiger partial charge on any atom is -0.392 e. The highest BCUT2D eigenvalue weighted by atomic mass is 16.7. The van der Waals surface area contributed by atoms with Crippen LogP contribution in [0.1, 0.15) is 92.4 Å². The summed E-state index contributed by atoms with van der Waals surface area (Å²) in [7, 11) is 0. The number of ether oxygens (including phenoxy) is 2. The molecule has 2 aliphatic rings. The topological polar surface area (TPSA) is 120 Å². The Morgan fingerprint density at radius 1 is 0.825 bits per heavy atom. The van der Waals surface area contributed by atoms with Crippen LogP contribution in [0.3, 0.4) is 0 Å². The number of nitrogens with zero attached hydrogens (tertiary/aromatic N) is 1. The third kappa shape index (κ3) is 9.38. The van der Waals surface area contributed by atoms with Crippen molar-refractivity contribution < 1.29 is 29.4 Å². The fourth-order valence-corrected chi connectivity index (χ4v) is 5.36. The van der Waals surface area contributed by atoms with E-state index in [1.54, 1.807) is 5.48 Å². The largest absolute Gasteiger partial charge is 0.392 e. The number of aliphatic hydroxyl groups excluding tert-OH is 1. The zero-order valence-corrected chi connectivity index (χ0v) is 23.2. The van der Waals surface area contributed by atoms with Crippen LogP contribution in [-0.2, 0) is 32.2 Å². The Morgan fingerprint density at radius 2 is 1.45 bits per heavy atom. The molecule has 218 valence electrons. The molecule has 4 N–H and O–H groups in total. The van der Waals surface area contributed by atoms with Crippen LogP contribution in [0.4, 0.5) is 0 Å². The molecule has 9 nitrogen and oxygen atoms in total. The fraction of sp³-hybridized carbons (Fsp3) is 0.548. The van der Waals surface area contributed by atoms with Gasteiger partial charge in [0.1, 0.15) is 0 Å². The number of benzene rings is 2. The molecule has 0 aliphatic carbocycles. The highest BCUT2D eigenvalue weighted by Gasteiger charge is 2.33. The number of hydroxylamine groups is 1. The number of nitrogens with one attached hydrogen (secondary N) is 2. The molecule has 0 radical (unpaired) electrons. The predicted octanol–water partition coefficient (Wildman–Crippen LogP) is 4.28. The molecule has 2 aromatic carbocycles. The molecule has 40 heavy (non-hydrogen) atoms. The Bertz CT molecular complexity index is 1050. The summed E-state index contributed by atoms with van der Waals surface area (Å²) in [4.78, 5) is 25.7. The molecular weight excluding hydrogens is 510 g/mol. The van der Waals surface area contributed by atoms with Crippen molar-refractivity contribution in [1.29, 1.82) is 0 Å². The number of carbonyl (C=O) groups excluding carboxylic acids is 2. The van der Waals surface area contributed by atoms with Gasteiger partial charge in [0.05, 0.1) is 18.8 Å². The van der Waals surface area contributed by atoms with Crippen molar-refractivity contribution in [3.05, 3.63) is 70.8 Å². The van der Waals surface area contributed by atoms with Crippen molar-refractivity contribution in [3.63, 3.8) is 0 Å². The standard InChI is InChI=1S/C31H43N3O6/c35-22-24-11-13-25(14-12-24)28-19-27(21-34-17-4-2-1-3-5-18-34)39-31(40-28)26-15-9-23(10-16-26)20-32-29(36)7-6-8-30(37)33-38/h9-16,27-28,31,35,38H,1-8,17-22H2,(H,32,36)(H,33,37). The first-order valence-electron chi connectivity index (χ1n) is 14.6. The average molecular weight is 554 g/mol. The summed E-state index contributed by atoms with van der Waals surface area (Å²) in [5, 5.41) is 20.9. The molecule has 0 spiro atoms. The zero-order chi connectivity index (χ0) is 28.2. The monoisotopic (exact) mass is 553 g/mol. The van der Waals surface area contributed by atoms with E-state index in [1.165, 1.54) is 32.1 Å². The SMILES string of the molecule is O=C(CCCC(=O)NCc1ccc(C2OC(CN3CCCCCCC3)CC(c3ccc(CO)cc3)O2)cc1)NO. The Hall–Kier alpha value is -2.82. The summed E-state index contributed by atoms with van der Waals surface area (Å²) in [6.45, 7) is 3.50. The summed E-state index contributed by atoms with van der Waals surface area (Å²) < 4.78 is 13.0. The lowest BCUT2D eigenvalue weighted by atomic mass is 9.99. The van der Waals surface area contributed by atoms with Gasteiger partial charge >= 0.3 is 0 Å². The maximum absolute atomic E-state index is 12.1. The van der Waals surface area contributed by atoms with Gasteiger partial charge in [-0.2, -0.15) is 0 Å². The molecule has 2 amide bonds.